The second-order valence-electron chi connectivity index (χ2n) is 6.26. The summed E-state index contributed by atoms with van der Waals surface area (Å²) in [5.74, 6) is -0.427. The van der Waals surface area contributed by atoms with E-state index in [1.807, 2.05) is 13.8 Å². The molecule has 0 saturated carbocycles. The first-order chi connectivity index (χ1) is 11.8. The van der Waals surface area contributed by atoms with Crippen LogP contribution in [-0.4, -0.2) is 57.0 Å². The Kier molecular flexibility index (Phi) is 8.49. The highest BCUT2D eigenvalue weighted by atomic mass is 35.5. The van der Waals surface area contributed by atoms with E-state index < -0.39 is 21.5 Å². The van der Waals surface area contributed by atoms with Gasteiger partial charge in [-0.3, -0.25) is 4.79 Å². The second kappa shape index (κ2) is 9.66. The van der Waals surface area contributed by atoms with Crippen LogP contribution in [-0.2, 0) is 14.8 Å². The lowest BCUT2D eigenvalue weighted by Crippen LogP contribution is -2.49. The van der Waals surface area contributed by atoms with E-state index in [4.69, 9.17) is 10.5 Å². The molecule has 0 atom stereocenters. The average molecular weight is 406 g/mol. The maximum atomic E-state index is 12.9. The van der Waals surface area contributed by atoms with Crippen molar-refractivity contribution in [1.82, 2.24) is 9.62 Å². The van der Waals surface area contributed by atoms with Crippen LogP contribution in [0.25, 0.3) is 0 Å². The lowest BCUT2D eigenvalue weighted by Gasteiger charge is -2.28. The van der Waals surface area contributed by atoms with Crippen LogP contribution >= 0.6 is 12.4 Å². The van der Waals surface area contributed by atoms with Crippen molar-refractivity contribution >= 4 is 28.3 Å². The first-order valence-electron chi connectivity index (χ1n) is 8.58. The summed E-state index contributed by atoms with van der Waals surface area (Å²) in [6.07, 6.45) is 1.44. The summed E-state index contributed by atoms with van der Waals surface area (Å²) in [6.45, 7) is 5.52. The van der Waals surface area contributed by atoms with E-state index >= 15 is 0 Å². The summed E-state index contributed by atoms with van der Waals surface area (Å²) in [4.78, 5) is 12.6. The van der Waals surface area contributed by atoms with Gasteiger partial charge in [-0.15, -0.1) is 12.4 Å². The molecule has 3 N–H and O–H groups in total. The first kappa shape index (κ1) is 22.9. The molecule has 2 rings (SSSR count). The van der Waals surface area contributed by atoms with Gasteiger partial charge in [-0.05, 0) is 25.0 Å². The third kappa shape index (κ3) is 5.17. The number of hydrogen-bond acceptors (Lipinski definition) is 5. The highest BCUT2D eigenvalue weighted by Gasteiger charge is 2.30. The van der Waals surface area contributed by atoms with Gasteiger partial charge >= 0.3 is 0 Å². The van der Waals surface area contributed by atoms with Crippen LogP contribution in [0.15, 0.2) is 29.2 Å². The predicted octanol–water partition coefficient (Wildman–Crippen LogP) is 1.38. The fourth-order valence-electron chi connectivity index (χ4n) is 2.66. The molecule has 0 spiro atoms. The number of nitrogens with zero attached hydrogens (tertiary/aromatic N) is 1. The average Bonchev–Trinajstić information content (AvgIpc) is 2.66. The number of hydrogen-bond donors (Lipinski definition) is 2. The maximum Gasteiger partial charge on any atom is 0.252 e. The molecule has 7 nitrogen and oxygen atoms in total. The zero-order valence-electron chi connectivity index (χ0n) is 15.2. The predicted molar refractivity (Wildman–Crippen MR) is 103 cm³/mol. The van der Waals surface area contributed by atoms with Gasteiger partial charge in [-0.1, -0.05) is 26.0 Å². The van der Waals surface area contributed by atoms with Crippen LogP contribution in [0.4, 0.5) is 0 Å². The van der Waals surface area contributed by atoms with Crippen molar-refractivity contribution in [2.24, 2.45) is 5.73 Å². The van der Waals surface area contributed by atoms with Crippen LogP contribution in [0, 0.1) is 0 Å². The van der Waals surface area contributed by atoms with Gasteiger partial charge in [0.2, 0.25) is 10.0 Å². The minimum absolute atomic E-state index is 0. The lowest BCUT2D eigenvalue weighted by molar-refractivity contribution is 0.0729. The van der Waals surface area contributed by atoms with Crippen LogP contribution in [0.1, 0.15) is 37.0 Å². The third-order valence-corrected chi connectivity index (χ3v) is 6.69. The molecule has 1 aromatic rings. The van der Waals surface area contributed by atoms with Gasteiger partial charge in [-0.25, -0.2) is 8.42 Å². The largest absolute Gasteiger partial charge is 0.379 e. The molecule has 9 heteroatoms. The van der Waals surface area contributed by atoms with E-state index in [0.717, 1.165) is 12.8 Å². The van der Waals surface area contributed by atoms with Crippen LogP contribution in [0.3, 0.4) is 0 Å². The van der Waals surface area contributed by atoms with Gasteiger partial charge in [0.25, 0.3) is 5.91 Å². The summed E-state index contributed by atoms with van der Waals surface area (Å²) in [5.41, 5.74) is 5.86. The number of nitrogens with one attached hydrogen (secondary N) is 1. The molecule has 1 aliphatic rings. The van der Waals surface area contributed by atoms with Gasteiger partial charge in [0.15, 0.2) is 0 Å². The van der Waals surface area contributed by atoms with Crippen LogP contribution in [0.2, 0.25) is 0 Å². The van der Waals surface area contributed by atoms with Gasteiger partial charge in [0.1, 0.15) is 0 Å². The second-order valence-corrected chi connectivity index (χ2v) is 8.17. The topological polar surface area (TPSA) is 102 Å². The van der Waals surface area contributed by atoms with E-state index in [9.17, 15) is 13.2 Å². The lowest BCUT2D eigenvalue weighted by atomic mass is 9.94. The van der Waals surface area contributed by atoms with Gasteiger partial charge in [0, 0.05) is 25.2 Å². The van der Waals surface area contributed by atoms with Crippen molar-refractivity contribution in [1.29, 1.82) is 0 Å². The monoisotopic (exact) mass is 405 g/mol. The number of amides is 1. The molecule has 1 aliphatic heterocycles. The number of nitrogens with two attached hydrogens (primary N) is 1. The molecule has 0 radical (unpaired) electrons. The Morgan fingerprint density at radius 3 is 2.38 bits per heavy atom. The van der Waals surface area contributed by atoms with E-state index in [0.29, 0.717) is 19.8 Å². The van der Waals surface area contributed by atoms with Crippen LogP contribution in [0.5, 0.6) is 0 Å². The first-order valence-corrected chi connectivity index (χ1v) is 10.0. The van der Waals surface area contributed by atoms with Gasteiger partial charge in [0.05, 0.1) is 23.7 Å². The third-order valence-electron chi connectivity index (χ3n) is 4.73. The molecule has 1 aromatic carbocycles. The standard InChI is InChI=1S/C17H27N3O4S.ClH/c1-3-17(18,4-2)13-19-16(21)14-7-5-6-8-15(14)25(22,23)20-9-11-24-12-10-20;/h5-8H,3-4,9-13,18H2,1-2H3,(H,19,21);1H. The van der Waals surface area contributed by atoms with Crippen molar-refractivity contribution in [3.63, 3.8) is 0 Å². The van der Waals surface area contributed by atoms with Gasteiger partial charge < -0.3 is 15.8 Å². The zero-order valence-corrected chi connectivity index (χ0v) is 16.9. The molecule has 0 aliphatic carbocycles. The molecule has 0 aromatic heterocycles. The number of sulfonamides is 1. The van der Waals surface area contributed by atoms with Crippen molar-refractivity contribution < 1.29 is 17.9 Å². The molecule has 1 heterocycles. The quantitative estimate of drug-likeness (QED) is 0.713. The number of carbonyl (C=O) groups is 1. The summed E-state index contributed by atoms with van der Waals surface area (Å²) in [6, 6.07) is 6.27. The minimum atomic E-state index is -3.74. The van der Waals surface area contributed by atoms with E-state index in [1.54, 1.807) is 12.1 Å². The van der Waals surface area contributed by atoms with E-state index in [-0.39, 0.29) is 36.0 Å². The summed E-state index contributed by atoms with van der Waals surface area (Å²) >= 11 is 0. The molecule has 1 saturated heterocycles. The zero-order chi connectivity index (χ0) is 18.5. The summed E-state index contributed by atoms with van der Waals surface area (Å²) in [5, 5.41) is 2.79. The van der Waals surface area contributed by atoms with Crippen LogP contribution < -0.4 is 11.1 Å². The number of benzene rings is 1. The fraction of sp³-hybridized carbons (Fsp3) is 0.588. The number of morpholine rings is 1. The van der Waals surface area contributed by atoms with Gasteiger partial charge in [-0.2, -0.15) is 4.31 Å². The minimum Gasteiger partial charge on any atom is -0.379 e. The molecule has 1 fully saturated rings. The SMILES string of the molecule is CCC(N)(CC)CNC(=O)c1ccccc1S(=O)(=O)N1CCOCC1.Cl. The number of halogens is 1. The Morgan fingerprint density at radius 1 is 1.23 bits per heavy atom. The molecule has 148 valence electrons. The number of carbonyl (C=O) groups excluding carboxylic acids is 1. The Bertz CT molecular complexity index is 702. The van der Waals surface area contributed by atoms with Crippen molar-refractivity contribution in [3.05, 3.63) is 29.8 Å². The smallest absolute Gasteiger partial charge is 0.252 e. The molecule has 26 heavy (non-hydrogen) atoms. The summed E-state index contributed by atoms with van der Waals surface area (Å²) < 4.78 is 32.3. The Hall–Kier alpha value is -1.19. The number of ether oxygens (including phenoxy) is 1. The maximum absolute atomic E-state index is 12.9. The molecule has 1 amide bonds. The number of rotatable bonds is 7. The van der Waals surface area contributed by atoms with E-state index in [2.05, 4.69) is 5.32 Å². The Morgan fingerprint density at radius 2 is 1.81 bits per heavy atom. The van der Waals surface area contributed by atoms with Crippen molar-refractivity contribution in [3.8, 4) is 0 Å². The Labute approximate surface area is 161 Å². The molecule has 0 bridgehead atoms. The highest BCUT2D eigenvalue weighted by molar-refractivity contribution is 7.89. The van der Waals surface area contributed by atoms with Crippen molar-refractivity contribution in [2.75, 3.05) is 32.8 Å². The fourth-order valence-corrected chi connectivity index (χ4v) is 4.25. The Balaban J connectivity index is 0.00000338. The highest BCUT2D eigenvalue weighted by Crippen LogP contribution is 2.21. The molecule has 0 unspecified atom stereocenters. The van der Waals surface area contributed by atoms with E-state index in [1.165, 1.54) is 16.4 Å². The molecular formula is C17H28ClN3O4S. The van der Waals surface area contributed by atoms with Crippen molar-refractivity contribution in [2.45, 2.75) is 37.1 Å². The molecular weight excluding hydrogens is 378 g/mol. The normalized spacial score (nSPS) is 16.0. The summed E-state index contributed by atoms with van der Waals surface area (Å²) in [7, 11) is -3.74.